The molecule has 1 aliphatic carbocycles. The van der Waals surface area contributed by atoms with E-state index in [9.17, 15) is 0 Å². The van der Waals surface area contributed by atoms with Crippen LogP contribution in [-0.4, -0.2) is 0 Å². The Bertz CT molecular complexity index is 316. The molecular weight excluding hydrogens is 252 g/mol. The average Bonchev–Trinajstić information content (AvgIpc) is 2.59. The smallest absolute Gasteiger partial charge is 0.00210 e. The second-order valence-corrected chi connectivity index (χ2v) is 4.50. The summed E-state index contributed by atoms with van der Waals surface area (Å²) in [6.45, 7) is 16.8. The molecule has 0 N–H and O–H groups in total. The van der Waals surface area contributed by atoms with Crippen molar-refractivity contribution in [1.29, 1.82) is 0 Å². The van der Waals surface area contributed by atoms with Crippen molar-refractivity contribution in [3.63, 3.8) is 0 Å². The Morgan fingerprint density at radius 1 is 1.10 bits per heavy atom. The molecule has 0 radical (unpaired) electrons. The second-order valence-electron chi connectivity index (χ2n) is 4.50. The summed E-state index contributed by atoms with van der Waals surface area (Å²) in [6.07, 6.45) is 18.3. The molecule has 1 rings (SSSR count). The summed E-state index contributed by atoms with van der Waals surface area (Å²) in [5.74, 6) is 3.59. The van der Waals surface area contributed by atoms with Crippen LogP contribution in [0.15, 0.2) is 35.5 Å². The van der Waals surface area contributed by atoms with E-state index in [-0.39, 0.29) is 0 Å². The first-order chi connectivity index (χ1) is 10.2. The molecule has 21 heavy (non-hydrogen) atoms. The third kappa shape index (κ3) is 16.7. The van der Waals surface area contributed by atoms with Crippen LogP contribution in [-0.2, 0) is 0 Å². The maximum atomic E-state index is 5.26. The third-order valence-corrected chi connectivity index (χ3v) is 3.14. The monoisotopic (exact) mass is 290 g/mol. The SMILES string of the molecule is C#CC1=CC=C(/C=C\C)CC1.CC.CC.CCC(C)CC. The summed E-state index contributed by atoms with van der Waals surface area (Å²) in [4.78, 5) is 0. The van der Waals surface area contributed by atoms with Crippen molar-refractivity contribution in [2.45, 2.75) is 81.1 Å². The standard InChI is InChI=1S/C11H12.C6H14.2C2H6/c1-3-5-11-8-6-10(4-2)7-9-11;1-4-6(3)5-2;2*1-2/h2-3,5-6,8H,7,9H2,1H3;6H,4-5H2,1-3H3;2*1-2H3/b5-3-;;;. The van der Waals surface area contributed by atoms with Crippen LogP contribution >= 0.6 is 0 Å². The lowest BCUT2D eigenvalue weighted by atomic mass is 9.99. The van der Waals surface area contributed by atoms with E-state index in [1.807, 2.05) is 40.7 Å². The molecule has 0 saturated carbocycles. The Kier molecular flexibility index (Phi) is 24.9. The second kappa shape index (κ2) is 21.1. The topological polar surface area (TPSA) is 0 Å². The molecule has 0 unspecified atom stereocenters. The predicted molar refractivity (Wildman–Crippen MR) is 101 cm³/mol. The van der Waals surface area contributed by atoms with Gasteiger partial charge in [0.15, 0.2) is 0 Å². The number of terminal acetylenes is 1. The highest BCUT2D eigenvalue weighted by Crippen LogP contribution is 2.18. The van der Waals surface area contributed by atoms with E-state index in [0.717, 1.165) is 24.3 Å². The van der Waals surface area contributed by atoms with Crippen LogP contribution in [0, 0.1) is 18.3 Å². The Morgan fingerprint density at radius 2 is 1.62 bits per heavy atom. The molecule has 0 heterocycles. The highest BCUT2D eigenvalue weighted by molar-refractivity contribution is 5.37. The highest BCUT2D eigenvalue weighted by atomic mass is 14.0. The quantitative estimate of drug-likeness (QED) is 0.477. The van der Waals surface area contributed by atoms with E-state index >= 15 is 0 Å². The van der Waals surface area contributed by atoms with Crippen LogP contribution in [0.2, 0.25) is 0 Å². The molecule has 0 heteroatoms. The van der Waals surface area contributed by atoms with E-state index in [1.54, 1.807) is 0 Å². The van der Waals surface area contributed by atoms with Crippen LogP contribution in [0.25, 0.3) is 0 Å². The zero-order chi connectivity index (χ0) is 17.1. The lowest BCUT2D eigenvalue weighted by Crippen LogP contribution is -1.88. The molecule has 0 fully saturated rings. The predicted octanol–water partition coefficient (Wildman–Crippen LogP) is 7.34. The molecule has 0 aromatic heterocycles. The number of allylic oxidation sites excluding steroid dienone is 6. The van der Waals surface area contributed by atoms with Gasteiger partial charge in [-0.2, -0.15) is 0 Å². The molecule has 0 aliphatic heterocycles. The molecule has 0 spiro atoms. The molecule has 1 aliphatic rings. The Morgan fingerprint density at radius 3 is 1.86 bits per heavy atom. The van der Waals surface area contributed by atoms with Crippen molar-refractivity contribution >= 4 is 0 Å². The van der Waals surface area contributed by atoms with Gasteiger partial charge in [-0.1, -0.05) is 91.5 Å². The lowest BCUT2D eigenvalue weighted by Gasteiger charge is -2.06. The zero-order valence-corrected chi connectivity index (χ0v) is 15.8. The number of hydrogen-bond acceptors (Lipinski definition) is 0. The van der Waals surface area contributed by atoms with Crippen molar-refractivity contribution in [1.82, 2.24) is 0 Å². The summed E-state index contributed by atoms with van der Waals surface area (Å²) in [5.41, 5.74) is 2.48. The van der Waals surface area contributed by atoms with Gasteiger partial charge in [0.25, 0.3) is 0 Å². The number of hydrogen-bond donors (Lipinski definition) is 0. The Labute approximate surface area is 135 Å². The molecule has 0 amide bonds. The third-order valence-electron chi connectivity index (χ3n) is 3.14. The van der Waals surface area contributed by atoms with Crippen molar-refractivity contribution in [2.75, 3.05) is 0 Å². The van der Waals surface area contributed by atoms with Crippen molar-refractivity contribution in [3.05, 3.63) is 35.5 Å². The van der Waals surface area contributed by atoms with E-state index in [2.05, 4.69) is 44.9 Å². The van der Waals surface area contributed by atoms with Gasteiger partial charge in [0.1, 0.15) is 0 Å². The van der Waals surface area contributed by atoms with Gasteiger partial charge in [0, 0.05) is 5.57 Å². The summed E-state index contributed by atoms with van der Waals surface area (Å²) in [7, 11) is 0. The first-order valence-corrected chi connectivity index (χ1v) is 8.66. The van der Waals surface area contributed by atoms with E-state index in [1.165, 1.54) is 18.4 Å². The van der Waals surface area contributed by atoms with Gasteiger partial charge in [-0.3, -0.25) is 0 Å². The fourth-order valence-electron chi connectivity index (χ4n) is 1.42. The molecule has 0 bridgehead atoms. The van der Waals surface area contributed by atoms with Gasteiger partial charge in [-0.25, -0.2) is 0 Å². The summed E-state index contributed by atoms with van der Waals surface area (Å²) in [6, 6.07) is 0. The average molecular weight is 291 g/mol. The van der Waals surface area contributed by atoms with Gasteiger partial charge >= 0.3 is 0 Å². The summed E-state index contributed by atoms with van der Waals surface area (Å²) >= 11 is 0. The van der Waals surface area contributed by atoms with Crippen molar-refractivity contribution < 1.29 is 0 Å². The lowest BCUT2D eigenvalue weighted by molar-refractivity contribution is 0.544. The van der Waals surface area contributed by atoms with E-state index < -0.39 is 0 Å². The Hall–Kier alpha value is -1.22. The molecular formula is C21H38. The molecule has 0 aromatic rings. The van der Waals surface area contributed by atoms with Crippen LogP contribution in [0.4, 0.5) is 0 Å². The van der Waals surface area contributed by atoms with Crippen LogP contribution < -0.4 is 0 Å². The fraction of sp³-hybridized carbons (Fsp3) is 0.619. The fourth-order valence-corrected chi connectivity index (χ4v) is 1.42. The zero-order valence-electron chi connectivity index (χ0n) is 15.8. The van der Waals surface area contributed by atoms with Crippen molar-refractivity contribution in [2.24, 2.45) is 5.92 Å². The van der Waals surface area contributed by atoms with E-state index in [4.69, 9.17) is 6.42 Å². The van der Waals surface area contributed by atoms with Crippen molar-refractivity contribution in [3.8, 4) is 12.3 Å². The molecule has 0 aromatic carbocycles. The maximum Gasteiger partial charge on any atom is 0.00210 e. The molecule has 122 valence electrons. The van der Waals surface area contributed by atoms with Gasteiger partial charge in [0.2, 0.25) is 0 Å². The molecule has 0 nitrogen and oxygen atoms in total. The van der Waals surface area contributed by atoms with Gasteiger partial charge in [-0.15, -0.1) is 6.42 Å². The molecule has 0 atom stereocenters. The first kappa shape index (κ1) is 24.8. The molecule has 0 saturated heterocycles. The van der Waals surface area contributed by atoms with E-state index in [0.29, 0.717) is 0 Å². The van der Waals surface area contributed by atoms with Crippen LogP contribution in [0.5, 0.6) is 0 Å². The minimum Gasteiger partial charge on any atom is -0.115 e. The van der Waals surface area contributed by atoms with Crippen LogP contribution in [0.1, 0.15) is 81.1 Å². The summed E-state index contributed by atoms with van der Waals surface area (Å²) < 4.78 is 0. The minimum atomic E-state index is 0.935. The largest absolute Gasteiger partial charge is 0.115 e. The maximum absolute atomic E-state index is 5.26. The first-order valence-electron chi connectivity index (χ1n) is 8.66. The minimum absolute atomic E-state index is 0.935. The van der Waals surface area contributed by atoms with Gasteiger partial charge in [0.05, 0.1) is 0 Å². The normalized spacial score (nSPS) is 12.6. The van der Waals surface area contributed by atoms with Crippen LogP contribution in [0.3, 0.4) is 0 Å². The number of rotatable bonds is 3. The Balaban J connectivity index is -0.000000277. The van der Waals surface area contributed by atoms with Gasteiger partial charge in [-0.05, 0) is 31.3 Å². The highest BCUT2D eigenvalue weighted by Gasteiger charge is 2.00. The summed E-state index contributed by atoms with van der Waals surface area (Å²) in [5, 5.41) is 0. The van der Waals surface area contributed by atoms with Gasteiger partial charge < -0.3 is 0 Å².